The van der Waals surface area contributed by atoms with Crippen molar-refractivity contribution >= 4 is 35.3 Å². The molecule has 4 nitrogen and oxygen atoms in total. The number of hydrogen-bond donors (Lipinski definition) is 1. The first kappa shape index (κ1) is 17.3. The van der Waals surface area contributed by atoms with E-state index in [1.54, 1.807) is 36.4 Å². The molecule has 0 bridgehead atoms. The molecule has 0 fully saturated rings. The van der Waals surface area contributed by atoms with Gasteiger partial charge in [0.25, 0.3) is 5.91 Å². The molecule has 3 rings (SSSR count). The van der Waals surface area contributed by atoms with Gasteiger partial charge in [-0.1, -0.05) is 47.0 Å². The number of nitrogens with one attached hydrogen (secondary N) is 1. The van der Waals surface area contributed by atoms with Crippen molar-refractivity contribution in [1.29, 1.82) is 0 Å². The Balaban J connectivity index is 1.69. The highest BCUT2D eigenvalue weighted by atomic mass is 35.5. The summed E-state index contributed by atoms with van der Waals surface area (Å²) >= 11 is 12.2. The van der Waals surface area contributed by atoms with Crippen LogP contribution in [0.1, 0.15) is 21.7 Å². The van der Waals surface area contributed by atoms with E-state index in [4.69, 9.17) is 27.6 Å². The number of aryl methyl sites for hydroxylation is 1. The van der Waals surface area contributed by atoms with Crippen molar-refractivity contribution in [1.82, 2.24) is 5.43 Å². The second-order valence-corrected chi connectivity index (χ2v) is 6.15. The summed E-state index contributed by atoms with van der Waals surface area (Å²) in [7, 11) is 0. The molecule has 1 amide bonds. The minimum atomic E-state index is -0.291. The number of hydrogen-bond acceptors (Lipinski definition) is 3. The SMILES string of the molecule is Cc1ccc(C(=O)NN=Cc2ccc(-c3cccc(Cl)c3Cl)o2)cc1. The maximum Gasteiger partial charge on any atom is 0.271 e. The molecule has 0 aliphatic heterocycles. The summed E-state index contributed by atoms with van der Waals surface area (Å²) in [6.45, 7) is 1.96. The van der Waals surface area contributed by atoms with Crippen molar-refractivity contribution in [3.8, 4) is 11.3 Å². The van der Waals surface area contributed by atoms with E-state index in [9.17, 15) is 4.79 Å². The molecule has 1 N–H and O–H groups in total. The van der Waals surface area contributed by atoms with Crippen molar-refractivity contribution in [3.05, 3.63) is 81.5 Å². The van der Waals surface area contributed by atoms with Gasteiger partial charge in [-0.3, -0.25) is 4.79 Å². The molecule has 0 aliphatic carbocycles. The topological polar surface area (TPSA) is 54.6 Å². The minimum absolute atomic E-state index is 0.291. The molecule has 0 unspecified atom stereocenters. The van der Waals surface area contributed by atoms with Gasteiger partial charge in [-0.2, -0.15) is 5.10 Å². The zero-order chi connectivity index (χ0) is 17.8. The molecule has 126 valence electrons. The number of nitrogens with zero attached hydrogens (tertiary/aromatic N) is 1. The van der Waals surface area contributed by atoms with Crippen molar-refractivity contribution in [2.45, 2.75) is 6.92 Å². The predicted molar refractivity (Wildman–Crippen MR) is 100 cm³/mol. The van der Waals surface area contributed by atoms with Crippen LogP contribution in [0.4, 0.5) is 0 Å². The van der Waals surface area contributed by atoms with Crippen LogP contribution >= 0.6 is 23.2 Å². The zero-order valence-corrected chi connectivity index (χ0v) is 14.8. The number of halogens is 2. The van der Waals surface area contributed by atoms with Crippen LogP contribution < -0.4 is 5.43 Å². The second-order valence-electron chi connectivity index (χ2n) is 5.37. The lowest BCUT2D eigenvalue weighted by molar-refractivity contribution is 0.0955. The fourth-order valence-corrected chi connectivity index (χ4v) is 2.58. The van der Waals surface area contributed by atoms with Gasteiger partial charge in [0.2, 0.25) is 0 Å². The van der Waals surface area contributed by atoms with Crippen LogP contribution in [0.2, 0.25) is 10.0 Å². The minimum Gasteiger partial charge on any atom is -0.455 e. The Kier molecular flexibility index (Phi) is 5.22. The molecule has 0 aliphatic rings. The van der Waals surface area contributed by atoms with E-state index in [0.29, 0.717) is 32.7 Å². The third kappa shape index (κ3) is 4.10. The largest absolute Gasteiger partial charge is 0.455 e. The van der Waals surface area contributed by atoms with Gasteiger partial charge in [0.1, 0.15) is 11.5 Å². The Hall–Kier alpha value is -2.56. The number of rotatable bonds is 4. The van der Waals surface area contributed by atoms with Crippen LogP contribution in [0.25, 0.3) is 11.3 Å². The average molecular weight is 373 g/mol. The van der Waals surface area contributed by atoms with Gasteiger partial charge < -0.3 is 4.42 Å². The van der Waals surface area contributed by atoms with Crippen LogP contribution in [0, 0.1) is 6.92 Å². The maximum absolute atomic E-state index is 12.0. The number of carbonyl (C=O) groups excluding carboxylic acids is 1. The highest BCUT2D eigenvalue weighted by Gasteiger charge is 2.10. The van der Waals surface area contributed by atoms with Gasteiger partial charge >= 0.3 is 0 Å². The Bertz CT molecular complexity index is 931. The highest BCUT2D eigenvalue weighted by Crippen LogP contribution is 2.34. The third-order valence-corrected chi connectivity index (χ3v) is 4.33. The molecule has 3 aromatic rings. The Morgan fingerprint density at radius 1 is 1.08 bits per heavy atom. The van der Waals surface area contributed by atoms with E-state index in [2.05, 4.69) is 10.5 Å². The van der Waals surface area contributed by atoms with Crippen LogP contribution in [0.3, 0.4) is 0 Å². The maximum atomic E-state index is 12.0. The lowest BCUT2D eigenvalue weighted by atomic mass is 10.1. The summed E-state index contributed by atoms with van der Waals surface area (Å²) in [4.78, 5) is 12.0. The predicted octanol–water partition coefficient (Wildman–Crippen LogP) is 5.33. The van der Waals surface area contributed by atoms with E-state index in [1.165, 1.54) is 6.21 Å². The lowest BCUT2D eigenvalue weighted by Gasteiger charge is -2.02. The Morgan fingerprint density at radius 3 is 2.60 bits per heavy atom. The molecule has 0 spiro atoms. The van der Waals surface area contributed by atoms with Crippen molar-refractivity contribution < 1.29 is 9.21 Å². The Labute approximate surface area is 155 Å². The van der Waals surface area contributed by atoms with Crippen molar-refractivity contribution in [3.63, 3.8) is 0 Å². The van der Waals surface area contributed by atoms with Crippen molar-refractivity contribution in [2.75, 3.05) is 0 Å². The molecule has 0 saturated heterocycles. The first-order valence-electron chi connectivity index (χ1n) is 7.49. The molecule has 25 heavy (non-hydrogen) atoms. The van der Waals surface area contributed by atoms with Gasteiger partial charge in [0, 0.05) is 11.1 Å². The first-order chi connectivity index (χ1) is 12.0. The summed E-state index contributed by atoms with van der Waals surface area (Å²) in [5, 5.41) is 4.79. The van der Waals surface area contributed by atoms with Gasteiger partial charge in [0.05, 0.1) is 16.3 Å². The standard InChI is InChI=1S/C19H14Cl2N2O2/c1-12-5-7-13(8-6-12)19(24)23-22-11-14-9-10-17(25-14)15-3-2-4-16(20)18(15)21/h2-11H,1H3,(H,23,24). The van der Waals surface area contributed by atoms with Gasteiger partial charge in [0.15, 0.2) is 0 Å². The second kappa shape index (κ2) is 7.55. The van der Waals surface area contributed by atoms with Gasteiger partial charge in [-0.05, 0) is 43.3 Å². The van der Waals surface area contributed by atoms with Crippen LogP contribution in [0.5, 0.6) is 0 Å². The van der Waals surface area contributed by atoms with E-state index >= 15 is 0 Å². The van der Waals surface area contributed by atoms with Gasteiger partial charge in [-0.25, -0.2) is 5.43 Å². The number of benzene rings is 2. The molecular weight excluding hydrogens is 359 g/mol. The Morgan fingerprint density at radius 2 is 1.84 bits per heavy atom. The molecule has 0 saturated carbocycles. The number of amides is 1. The quantitative estimate of drug-likeness (QED) is 0.497. The zero-order valence-electron chi connectivity index (χ0n) is 13.3. The lowest BCUT2D eigenvalue weighted by Crippen LogP contribution is -2.17. The first-order valence-corrected chi connectivity index (χ1v) is 8.24. The smallest absolute Gasteiger partial charge is 0.271 e. The molecular formula is C19H14Cl2N2O2. The van der Waals surface area contributed by atoms with Crippen molar-refractivity contribution in [2.24, 2.45) is 5.10 Å². The number of furan rings is 1. The number of carbonyl (C=O) groups is 1. The summed E-state index contributed by atoms with van der Waals surface area (Å²) in [5.41, 5.74) is 4.77. The van der Waals surface area contributed by atoms with Crippen LogP contribution in [0.15, 0.2) is 64.1 Å². The van der Waals surface area contributed by atoms with Gasteiger partial charge in [-0.15, -0.1) is 0 Å². The third-order valence-electron chi connectivity index (χ3n) is 3.52. The molecule has 2 aromatic carbocycles. The molecule has 0 atom stereocenters. The van der Waals surface area contributed by atoms with E-state index in [-0.39, 0.29) is 5.91 Å². The molecule has 6 heteroatoms. The van der Waals surface area contributed by atoms with E-state index < -0.39 is 0 Å². The average Bonchev–Trinajstić information content (AvgIpc) is 3.06. The molecule has 0 radical (unpaired) electrons. The van der Waals surface area contributed by atoms with Crippen LogP contribution in [-0.4, -0.2) is 12.1 Å². The molecule has 1 heterocycles. The van der Waals surface area contributed by atoms with Crippen LogP contribution in [-0.2, 0) is 0 Å². The summed E-state index contributed by atoms with van der Waals surface area (Å²) in [5.74, 6) is 0.759. The molecule has 1 aromatic heterocycles. The summed E-state index contributed by atoms with van der Waals surface area (Å²) in [6, 6.07) is 16.0. The summed E-state index contributed by atoms with van der Waals surface area (Å²) in [6.07, 6.45) is 1.42. The van der Waals surface area contributed by atoms with E-state index in [1.807, 2.05) is 25.1 Å². The normalized spacial score (nSPS) is 11.0. The fourth-order valence-electron chi connectivity index (χ4n) is 2.19. The highest BCUT2D eigenvalue weighted by molar-refractivity contribution is 6.43. The number of hydrazone groups is 1. The fraction of sp³-hybridized carbons (Fsp3) is 0.0526. The summed E-state index contributed by atoms with van der Waals surface area (Å²) < 4.78 is 5.67. The van der Waals surface area contributed by atoms with E-state index in [0.717, 1.165) is 5.56 Å². The monoisotopic (exact) mass is 372 g/mol.